The van der Waals surface area contributed by atoms with E-state index in [-0.39, 0.29) is 5.82 Å². The summed E-state index contributed by atoms with van der Waals surface area (Å²) in [5.41, 5.74) is 3.87. The maximum atomic E-state index is 13.5. The summed E-state index contributed by atoms with van der Waals surface area (Å²) in [5, 5.41) is 0. The molecule has 5 nitrogen and oxygen atoms in total. The van der Waals surface area contributed by atoms with Gasteiger partial charge in [-0.2, -0.15) is 0 Å². The molecule has 0 saturated carbocycles. The molecule has 0 radical (unpaired) electrons. The van der Waals surface area contributed by atoms with Crippen LogP contribution in [-0.4, -0.2) is 9.97 Å². The summed E-state index contributed by atoms with van der Waals surface area (Å²) in [5.74, 6) is 6.42. The summed E-state index contributed by atoms with van der Waals surface area (Å²) in [4.78, 5) is 8.15. The zero-order valence-corrected chi connectivity index (χ0v) is 11.5. The van der Waals surface area contributed by atoms with Gasteiger partial charge in [-0.15, -0.1) is 0 Å². The third-order valence-electron chi connectivity index (χ3n) is 2.90. The van der Waals surface area contributed by atoms with Gasteiger partial charge in [0.2, 0.25) is 5.88 Å². The Morgan fingerprint density at radius 1 is 1.35 bits per heavy atom. The number of rotatable bonds is 5. The van der Waals surface area contributed by atoms with Gasteiger partial charge in [0.15, 0.2) is 0 Å². The molecule has 1 heterocycles. The highest BCUT2D eigenvalue weighted by atomic mass is 19.1. The summed E-state index contributed by atoms with van der Waals surface area (Å²) in [6.45, 7) is 3.73. The van der Waals surface area contributed by atoms with Crippen molar-refractivity contribution in [3.05, 3.63) is 41.5 Å². The first-order valence-electron chi connectivity index (χ1n) is 6.40. The van der Waals surface area contributed by atoms with E-state index in [1.807, 2.05) is 6.92 Å². The summed E-state index contributed by atoms with van der Waals surface area (Å²) in [6.07, 6.45) is 2.96. The first-order chi connectivity index (χ1) is 9.65. The van der Waals surface area contributed by atoms with Crippen molar-refractivity contribution in [2.45, 2.75) is 26.7 Å². The SMILES string of the molecule is CCCc1c(NN)ncnc1Oc1ccc(C)c(F)c1. The molecule has 1 aromatic carbocycles. The highest BCUT2D eigenvalue weighted by Gasteiger charge is 2.12. The van der Waals surface area contributed by atoms with Gasteiger partial charge in [0.05, 0.1) is 5.56 Å². The van der Waals surface area contributed by atoms with Crippen molar-refractivity contribution in [2.75, 3.05) is 5.43 Å². The maximum absolute atomic E-state index is 13.5. The number of anilines is 1. The van der Waals surface area contributed by atoms with E-state index < -0.39 is 0 Å². The quantitative estimate of drug-likeness (QED) is 0.649. The van der Waals surface area contributed by atoms with Crippen molar-refractivity contribution in [1.29, 1.82) is 0 Å². The molecule has 0 aliphatic rings. The van der Waals surface area contributed by atoms with E-state index in [1.54, 1.807) is 19.1 Å². The van der Waals surface area contributed by atoms with Crippen LogP contribution < -0.4 is 16.0 Å². The van der Waals surface area contributed by atoms with Gasteiger partial charge >= 0.3 is 0 Å². The second-order valence-corrected chi connectivity index (χ2v) is 4.41. The first kappa shape index (κ1) is 14.2. The molecule has 106 valence electrons. The van der Waals surface area contributed by atoms with Gasteiger partial charge in [0.25, 0.3) is 0 Å². The molecule has 3 N–H and O–H groups in total. The average Bonchev–Trinajstić information content (AvgIpc) is 2.45. The molecule has 1 aromatic heterocycles. The van der Waals surface area contributed by atoms with E-state index in [9.17, 15) is 4.39 Å². The van der Waals surface area contributed by atoms with Crippen LogP contribution in [0.4, 0.5) is 10.2 Å². The third-order valence-corrected chi connectivity index (χ3v) is 2.90. The predicted molar refractivity (Wildman–Crippen MR) is 75.0 cm³/mol. The summed E-state index contributed by atoms with van der Waals surface area (Å²) in [7, 11) is 0. The van der Waals surface area contributed by atoms with Gasteiger partial charge in [-0.05, 0) is 25.0 Å². The van der Waals surface area contributed by atoms with E-state index >= 15 is 0 Å². The van der Waals surface area contributed by atoms with E-state index in [2.05, 4.69) is 15.4 Å². The topological polar surface area (TPSA) is 73.1 Å². The number of ether oxygens (including phenoxy) is 1. The molecule has 0 fully saturated rings. The summed E-state index contributed by atoms with van der Waals surface area (Å²) >= 11 is 0. The molecule has 2 aromatic rings. The average molecular weight is 276 g/mol. The fraction of sp³-hybridized carbons (Fsp3) is 0.286. The number of aromatic nitrogens is 2. The largest absolute Gasteiger partial charge is 0.438 e. The number of nitrogens with one attached hydrogen (secondary N) is 1. The smallest absolute Gasteiger partial charge is 0.227 e. The Balaban J connectivity index is 2.34. The fourth-order valence-corrected chi connectivity index (χ4v) is 1.83. The molecule has 0 unspecified atom stereocenters. The lowest BCUT2D eigenvalue weighted by Crippen LogP contribution is -2.12. The predicted octanol–water partition coefficient (Wildman–Crippen LogP) is 2.95. The highest BCUT2D eigenvalue weighted by molar-refractivity contribution is 5.49. The fourth-order valence-electron chi connectivity index (χ4n) is 1.83. The van der Waals surface area contributed by atoms with Crippen molar-refractivity contribution in [3.8, 4) is 11.6 Å². The van der Waals surface area contributed by atoms with Crippen LogP contribution in [0.15, 0.2) is 24.5 Å². The van der Waals surface area contributed by atoms with Crippen molar-refractivity contribution >= 4 is 5.82 Å². The van der Waals surface area contributed by atoms with Gasteiger partial charge in [0, 0.05) is 6.07 Å². The zero-order valence-electron chi connectivity index (χ0n) is 11.5. The molecular weight excluding hydrogens is 259 g/mol. The van der Waals surface area contributed by atoms with E-state index in [0.717, 1.165) is 12.0 Å². The minimum atomic E-state index is -0.314. The van der Waals surface area contributed by atoms with E-state index in [4.69, 9.17) is 10.6 Å². The normalized spacial score (nSPS) is 10.4. The maximum Gasteiger partial charge on any atom is 0.227 e. The number of benzene rings is 1. The Hall–Kier alpha value is -2.21. The number of hydrogen-bond acceptors (Lipinski definition) is 5. The first-order valence-corrected chi connectivity index (χ1v) is 6.40. The molecule has 0 saturated heterocycles. The van der Waals surface area contributed by atoms with Gasteiger partial charge in [0.1, 0.15) is 23.7 Å². The lowest BCUT2D eigenvalue weighted by atomic mass is 10.1. The van der Waals surface area contributed by atoms with Gasteiger partial charge in [-0.3, -0.25) is 0 Å². The van der Waals surface area contributed by atoms with Gasteiger partial charge in [-0.25, -0.2) is 20.2 Å². The third kappa shape index (κ3) is 3.03. The van der Waals surface area contributed by atoms with Crippen LogP contribution in [0.3, 0.4) is 0 Å². The van der Waals surface area contributed by atoms with Crippen LogP contribution >= 0.6 is 0 Å². The zero-order chi connectivity index (χ0) is 14.5. The Morgan fingerprint density at radius 3 is 2.80 bits per heavy atom. The number of aryl methyl sites for hydroxylation is 1. The minimum Gasteiger partial charge on any atom is -0.438 e. The molecule has 20 heavy (non-hydrogen) atoms. The van der Waals surface area contributed by atoms with Crippen molar-refractivity contribution in [3.63, 3.8) is 0 Å². The Morgan fingerprint density at radius 2 is 2.15 bits per heavy atom. The van der Waals surface area contributed by atoms with Crippen LogP contribution in [0.1, 0.15) is 24.5 Å². The molecule has 2 rings (SSSR count). The molecule has 6 heteroatoms. The molecular formula is C14H17FN4O. The van der Waals surface area contributed by atoms with Crippen molar-refractivity contribution in [1.82, 2.24) is 9.97 Å². The molecule has 0 bridgehead atoms. The second-order valence-electron chi connectivity index (χ2n) is 4.41. The highest BCUT2D eigenvalue weighted by Crippen LogP contribution is 2.28. The van der Waals surface area contributed by atoms with E-state index in [0.29, 0.717) is 29.4 Å². The van der Waals surface area contributed by atoms with Crippen LogP contribution in [-0.2, 0) is 6.42 Å². The van der Waals surface area contributed by atoms with Crippen LogP contribution in [0.25, 0.3) is 0 Å². The number of hydrazine groups is 1. The van der Waals surface area contributed by atoms with Crippen molar-refractivity contribution in [2.24, 2.45) is 5.84 Å². The van der Waals surface area contributed by atoms with Crippen molar-refractivity contribution < 1.29 is 9.13 Å². The van der Waals surface area contributed by atoms with E-state index in [1.165, 1.54) is 12.4 Å². The molecule has 0 aliphatic carbocycles. The molecule has 0 spiro atoms. The molecule has 0 aliphatic heterocycles. The minimum absolute atomic E-state index is 0.314. The lowest BCUT2D eigenvalue weighted by molar-refractivity contribution is 0.449. The Bertz CT molecular complexity index is 604. The van der Waals surface area contributed by atoms with Crippen LogP contribution in [0.2, 0.25) is 0 Å². The number of hydrogen-bond donors (Lipinski definition) is 2. The summed E-state index contributed by atoms with van der Waals surface area (Å²) < 4.78 is 19.2. The number of nitrogens with zero attached hydrogens (tertiary/aromatic N) is 2. The van der Waals surface area contributed by atoms with Gasteiger partial charge in [-0.1, -0.05) is 19.4 Å². The number of nitrogens with two attached hydrogens (primary N) is 1. The second kappa shape index (κ2) is 6.29. The summed E-state index contributed by atoms with van der Waals surface area (Å²) in [6, 6.07) is 4.70. The van der Waals surface area contributed by atoms with Crippen LogP contribution in [0, 0.1) is 12.7 Å². The lowest BCUT2D eigenvalue weighted by Gasteiger charge is -2.12. The molecule has 0 amide bonds. The molecule has 0 atom stereocenters. The monoisotopic (exact) mass is 276 g/mol. The van der Waals surface area contributed by atoms with Gasteiger partial charge < -0.3 is 10.2 Å². The number of nitrogen functional groups attached to an aromatic ring is 1. The Kier molecular flexibility index (Phi) is 4.47. The Labute approximate surface area is 117 Å². The van der Waals surface area contributed by atoms with Crippen LogP contribution in [0.5, 0.6) is 11.6 Å². The number of halogens is 1. The standard InChI is InChI=1S/C14H17FN4O/c1-3-4-11-13(19-16)17-8-18-14(11)20-10-6-5-9(2)12(15)7-10/h5-8H,3-4,16H2,1-2H3,(H,17,18,19).